The Kier molecular flexibility index (Phi) is 5.45. The highest BCUT2D eigenvalue weighted by Crippen LogP contribution is 2.49. The van der Waals surface area contributed by atoms with Crippen LogP contribution in [0.2, 0.25) is 0 Å². The molecule has 0 aliphatic rings. The Labute approximate surface area is 282 Å². The molecular formula is C48H28O. The summed E-state index contributed by atoms with van der Waals surface area (Å²) in [7, 11) is 0. The molecule has 0 fully saturated rings. The molecule has 0 amide bonds. The van der Waals surface area contributed by atoms with Gasteiger partial charge < -0.3 is 4.42 Å². The Hall–Kier alpha value is -6.44. The molecule has 0 unspecified atom stereocenters. The maximum atomic E-state index is 6.37. The van der Waals surface area contributed by atoms with Crippen molar-refractivity contribution < 1.29 is 4.42 Å². The molecule has 1 heteroatoms. The zero-order valence-corrected chi connectivity index (χ0v) is 26.6. The van der Waals surface area contributed by atoms with E-state index in [2.05, 4.69) is 170 Å². The molecule has 0 bridgehead atoms. The highest BCUT2D eigenvalue weighted by Gasteiger charge is 2.22. The number of fused-ring (bicyclic) bond motifs is 4. The molecule has 0 atom stereocenters. The van der Waals surface area contributed by atoms with E-state index in [9.17, 15) is 0 Å². The molecule has 0 N–H and O–H groups in total. The van der Waals surface area contributed by atoms with Crippen molar-refractivity contribution in [3.8, 4) is 33.4 Å². The van der Waals surface area contributed by atoms with Gasteiger partial charge in [-0.05, 0) is 124 Å². The summed E-state index contributed by atoms with van der Waals surface area (Å²) < 4.78 is 6.37. The molecule has 0 aliphatic carbocycles. The van der Waals surface area contributed by atoms with Crippen molar-refractivity contribution in [1.29, 1.82) is 0 Å². The fourth-order valence-corrected chi connectivity index (χ4v) is 8.43. The topological polar surface area (TPSA) is 13.1 Å². The lowest BCUT2D eigenvalue weighted by molar-refractivity contribution is 0.669. The molecule has 0 saturated heterocycles. The fraction of sp³-hybridized carbons (Fsp3) is 0. The SMILES string of the molecule is c1ccc2cc(-c3cc(-c4c5ccccc5c(-c5ccc6oc7cccc8ccc5c6c87)c5ccccc45)c4ccccc4c3)ccc2c1. The number of hydrogen-bond donors (Lipinski definition) is 0. The van der Waals surface area contributed by atoms with Gasteiger partial charge in [0.05, 0.1) is 0 Å². The number of furan rings is 1. The maximum absolute atomic E-state index is 6.37. The monoisotopic (exact) mass is 620 g/mol. The van der Waals surface area contributed by atoms with Crippen LogP contribution in [0.1, 0.15) is 0 Å². The molecule has 11 aromatic rings. The van der Waals surface area contributed by atoms with E-state index >= 15 is 0 Å². The minimum atomic E-state index is 0.938. The standard InChI is InChI=1S/C48H28O/c1-2-11-31-26-32(21-20-29(31)10-1)34-27-33-12-3-4-14-35(33)42(28-34)47-38-17-7-5-15-36(38)46(37-16-6-8-18-39(37)47)40-24-25-44-48-41(40)23-22-30-13-9-19-43(49-44)45(30)48/h1-28H. The van der Waals surface area contributed by atoms with Gasteiger partial charge in [0.25, 0.3) is 0 Å². The average molecular weight is 621 g/mol. The van der Waals surface area contributed by atoms with Gasteiger partial charge in [0.1, 0.15) is 11.2 Å². The fourth-order valence-electron chi connectivity index (χ4n) is 8.43. The van der Waals surface area contributed by atoms with Crippen LogP contribution in [0.25, 0.3) is 109 Å². The first-order valence-electron chi connectivity index (χ1n) is 16.9. The number of hydrogen-bond acceptors (Lipinski definition) is 1. The number of benzene rings is 10. The van der Waals surface area contributed by atoms with Crippen LogP contribution < -0.4 is 0 Å². The summed E-state index contributed by atoms with van der Waals surface area (Å²) in [6.45, 7) is 0. The van der Waals surface area contributed by atoms with E-state index in [1.807, 2.05) is 0 Å². The molecule has 0 aliphatic heterocycles. The summed E-state index contributed by atoms with van der Waals surface area (Å²) in [6.07, 6.45) is 0. The molecule has 11 rings (SSSR count). The Balaban J connectivity index is 1.25. The van der Waals surface area contributed by atoms with Crippen molar-refractivity contribution in [2.75, 3.05) is 0 Å². The van der Waals surface area contributed by atoms with Crippen LogP contribution >= 0.6 is 0 Å². The predicted molar refractivity (Wildman–Crippen MR) is 209 cm³/mol. The third-order valence-corrected chi connectivity index (χ3v) is 10.6. The van der Waals surface area contributed by atoms with E-state index in [0.717, 1.165) is 11.2 Å². The van der Waals surface area contributed by atoms with Crippen molar-refractivity contribution in [3.63, 3.8) is 0 Å². The summed E-state index contributed by atoms with van der Waals surface area (Å²) in [5, 5.41) is 14.9. The van der Waals surface area contributed by atoms with Crippen molar-refractivity contribution in [3.05, 3.63) is 170 Å². The lowest BCUT2D eigenvalue weighted by Crippen LogP contribution is -1.93. The van der Waals surface area contributed by atoms with Gasteiger partial charge in [-0.15, -0.1) is 0 Å². The zero-order valence-electron chi connectivity index (χ0n) is 26.6. The van der Waals surface area contributed by atoms with E-state index in [0.29, 0.717) is 0 Å². The van der Waals surface area contributed by atoms with Crippen molar-refractivity contribution in [2.24, 2.45) is 0 Å². The molecule has 0 spiro atoms. The molecule has 1 heterocycles. The molecule has 0 saturated carbocycles. The van der Waals surface area contributed by atoms with E-state index in [-0.39, 0.29) is 0 Å². The third kappa shape index (κ3) is 3.82. The molecular weight excluding hydrogens is 593 g/mol. The van der Waals surface area contributed by atoms with Crippen molar-refractivity contribution in [1.82, 2.24) is 0 Å². The van der Waals surface area contributed by atoms with Crippen LogP contribution in [0.4, 0.5) is 0 Å². The van der Waals surface area contributed by atoms with E-state index in [1.165, 1.54) is 98.0 Å². The minimum Gasteiger partial charge on any atom is -0.456 e. The Morgan fingerprint density at radius 1 is 0.286 bits per heavy atom. The van der Waals surface area contributed by atoms with Gasteiger partial charge in [-0.1, -0.05) is 133 Å². The Bertz CT molecular complexity index is 3050. The van der Waals surface area contributed by atoms with Crippen LogP contribution in [-0.4, -0.2) is 0 Å². The summed E-state index contributed by atoms with van der Waals surface area (Å²) in [4.78, 5) is 0. The van der Waals surface area contributed by atoms with Gasteiger partial charge in [-0.3, -0.25) is 0 Å². The second-order valence-corrected chi connectivity index (χ2v) is 13.2. The highest BCUT2D eigenvalue weighted by molar-refractivity contribution is 6.29. The second-order valence-electron chi connectivity index (χ2n) is 13.2. The quantitative estimate of drug-likeness (QED) is 0.141. The van der Waals surface area contributed by atoms with Crippen LogP contribution in [0.15, 0.2) is 174 Å². The molecule has 1 nitrogen and oxygen atoms in total. The van der Waals surface area contributed by atoms with Gasteiger partial charge in [0.15, 0.2) is 0 Å². The molecule has 1 aromatic heterocycles. The predicted octanol–water partition coefficient (Wildman–Crippen LogP) is 13.8. The van der Waals surface area contributed by atoms with Crippen LogP contribution in [0, 0.1) is 0 Å². The van der Waals surface area contributed by atoms with Gasteiger partial charge in [0.2, 0.25) is 0 Å². The first-order chi connectivity index (χ1) is 24.3. The minimum absolute atomic E-state index is 0.938. The molecule has 226 valence electrons. The summed E-state index contributed by atoms with van der Waals surface area (Å²) in [5.41, 5.74) is 9.35. The van der Waals surface area contributed by atoms with Crippen molar-refractivity contribution in [2.45, 2.75) is 0 Å². The van der Waals surface area contributed by atoms with E-state index < -0.39 is 0 Å². The van der Waals surface area contributed by atoms with Gasteiger partial charge >= 0.3 is 0 Å². The van der Waals surface area contributed by atoms with E-state index in [4.69, 9.17) is 4.42 Å². The lowest BCUT2D eigenvalue weighted by atomic mass is 9.82. The molecule has 10 aromatic carbocycles. The molecule has 49 heavy (non-hydrogen) atoms. The van der Waals surface area contributed by atoms with Crippen LogP contribution in [-0.2, 0) is 0 Å². The van der Waals surface area contributed by atoms with Crippen LogP contribution in [0.3, 0.4) is 0 Å². The smallest absolute Gasteiger partial charge is 0.136 e. The summed E-state index contributed by atoms with van der Waals surface area (Å²) >= 11 is 0. The third-order valence-electron chi connectivity index (χ3n) is 10.6. The average Bonchev–Trinajstić information content (AvgIpc) is 3.55. The van der Waals surface area contributed by atoms with E-state index in [1.54, 1.807) is 0 Å². The highest BCUT2D eigenvalue weighted by atomic mass is 16.3. The van der Waals surface area contributed by atoms with Gasteiger partial charge in [0, 0.05) is 10.8 Å². The number of rotatable bonds is 3. The lowest BCUT2D eigenvalue weighted by Gasteiger charge is -2.20. The zero-order chi connectivity index (χ0) is 32.1. The van der Waals surface area contributed by atoms with Gasteiger partial charge in [-0.2, -0.15) is 0 Å². The maximum Gasteiger partial charge on any atom is 0.136 e. The second kappa shape index (κ2) is 10.0. The van der Waals surface area contributed by atoms with Crippen LogP contribution in [0.5, 0.6) is 0 Å². The normalized spacial score (nSPS) is 12.1. The largest absolute Gasteiger partial charge is 0.456 e. The molecule has 0 radical (unpaired) electrons. The van der Waals surface area contributed by atoms with Gasteiger partial charge in [-0.25, -0.2) is 0 Å². The summed E-state index contributed by atoms with van der Waals surface area (Å²) in [5.74, 6) is 0. The summed E-state index contributed by atoms with van der Waals surface area (Å²) in [6, 6.07) is 62.3. The Morgan fingerprint density at radius 2 is 0.857 bits per heavy atom. The first kappa shape index (κ1) is 26.6. The Morgan fingerprint density at radius 3 is 1.61 bits per heavy atom. The first-order valence-corrected chi connectivity index (χ1v) is 16.9. The van der Waals surface area contributed by atoms with Crippen molar-refractivity contribution >= 4 is 75.8 Å².